The van der Waals surface area contributed by atoms with Gasteiger partial charge in [0.15, 0.2) is 0 Å². The molecule has 0 radical (unpaired) electrons. The predicted octanol–water partition coefficient (Wildman–Crippen LogP) is 2.45. The van der Waals surface area contributed by atoms with E-state index in [1.807, 2.05) is 32.0 Å². The van der Waals surface area contributed by atoms with Crippen LogP contribution in [0.25, 0.3) is 0 Å². The first-order valence-corrected chi connectivity index (χ1v) is 6.04. The Labute approximate surface area is 104 Å². The Hall–Kier alpha value is -0.490. The van der Waals surface area contributed by atoms with Crippen molar-refractivity contribution in [2.45, 2.75) is 25.9 Å². The second-order valence-corrected chi connectivity index (χ2v) is 5.11. The van der Waals surface area contributed by atoms with E-state index in [4.69, 9.17) is 5.73 Å². The van der Waals surface area contributed by atoms with Gasteiger partial charge >= 0.3 is 0 Å². The molecule has 4 heteroatoms. The summed E-state index contributed by atoms with van der Waals surface area (Å²) in [6, 6.07) is 5.69. The largest absolute Gasteiger partial charge is 0.399 e. The summed E-state index contributed by atoms with van der Waals surface area (Å²) >= 11 is 2.23. The van der Waals surface area contributed by atoms with Crippen molar-refractivity contribution in [3.63, 3.8) is 0 Å². The zero-order valence-electron chi connectivity index (χ0n) is 9.05. The Morgan fingerprint density at radius 3 is 2.73 bits per heavy atom. The van der Waals surface area contributed by atoms with Gasteiger partial charge in [0.25, 0.3) is 0 Å². The number of nitrogens with one attached hydrogen (secondary N) is 1. The van der Waals surface area contributed by atoms with Crippen LogP contribution in [0.2, 0.25) is 0 Å². The van der Waals surface area contributed by atoms with Gasteiger partial charge in [-0.25, -0.2) is 0 Å². The third-order valence-corrected chi connectivity index (χ3v) is 3.31. The third-order valence-electron chi connectivity index (χ3n) is 2.41. The Morgan fingerprint density at radius 1 is 1.53 bits per heavy atom. The molecule has 1 aromatic rings. The summed E-state index contributed by atoms with van der Waals surface area (Å²) in [5.74, 6) is 0. The molecule has 1 atom stereocenters. The van der Waals surface area contributed by atoms with Gasteiger partial charge in [-0.2, -0.15) is 0 Å². The lowest BCUT2D eigenvalue weighted by atomic mass is 10.0. The first-order valence-electron chi connectivity index (χ1n) is 4.96. The molecule has 0 aliphatic heterocycles. The minimum Gasteiger partial charge on any atom is -0.399 e. The number of hydrogen-bond acceptors (Lipinski definition) is 3. The summed E-state index contributed by atoms with van der Waals surface area (Å²) in [4.78, 5) is 0. The second kappa shape index (κ2) is 5.03. The molecule has 0 saturated heterocycles. The highest BCUT2D eigenvalue weighted by atomic mass is 127. The van der Waals surface area contributed by atoms with Crippen LogP contribution in [0.3, 0.4) is 0 Å². The summed E-state index contributed by atoms with van der Waals surface area (Å²) in [7, 11) is 0. The van der Waals surface area contributed by atoms with Crippen LogP contribution in [0.5, 0.6) is 0 Å². The summed E-state index contributed by atoms with van der Waals surface area (Å²) in [6.45, 7) is 4.34. The zero-order valence-corrected chi connectivity index (χ0v) is 11.2. The Bertz CT molecular complexity index is 339. The smallest absolute Gasteiger partial charge is 0.0788 e. The van der Waals surface area contributed by atoms with E-state index >= 15 is 0 Å². The van der Waals surface area contributed by atoms with Crippen LogP contribution >= 0.6 is 22.6 Å². The number of nitrogens with two attached hydrogens (primary N) is 1. The molecular weight excluding hydrogens is 303 g/mol. The van der Waals surface area contributed by atoms with Crippen LogP contribution in [0.1, 0.15) is 20.3 Å². The van der Waals surface area contributed by atoms with Gasteiger partial charge in [-0.3, -0.25) is 0 Å². The number of anilines is 2. The normalized spacial score (nSPS) is 14.7. The summed E-state index contributed by atoms with van der Waals surface area (Å²) in [5, 5.41) is 13.1. The van der Waals surface area contributed by atoms with E-state index in [-0.39, 0.29) is 0 Å². The van der Waals surface area contributed by atoms with Crippen LogP contribution in [-0.4, -0.2) is 17.3 Å². The van der Waals surface area contributed by atoms with Crippen molar-refractivity contribution in [3.05, 3.63) is 21.8 Å². The predicted molar refractivity (Wildman–Crippen MR) is 73.0 cm³/mol. The molecule has 0 aliphatic rings. The fourth-order valence-corrected chi connectivity index (χ4v) is 1.82. The third kappa shape index (κ3) is 3.87. The minimum absolute atomic E-state index is 0.545. The maximum Gasteiger partial charge on any atom is 0.0788 e. The number of rotatable bonds is 4. The Kier molecular flexibility index (Phi) is 4.21. The summed E-state index contributed by atoms with van der Waals surface area (Å²) in [5.41, 5.74) is 6.76. The van der Waals surface area contributed by atoms with Gasteiger partial charge in [0, 0.05) is 21.5 Å². The molecule has 1 aromatic carbocycles. The molecule has 1 rings (SSSR count). The van der Waals surface area contributed by atoms with Gasteiger partial charge in [0.2, 0.25) is 0 Å². The first-order chi connectivity index (χ1) is 6.94. The number of benzene rings is 1. The molecule has 0 amide bonds. The molecule has 0 spiro atoms. The van der Waals surface area contributed by atoms with E-state index in [1.54, 1.807) is 0 Å². The van der Waals surface area contributed by atoms with Crippen LogP contribution in [-0.2, 0) is 0 Å². The molecule has 0 fully saturated rings. The van der Waals surface area contributed by atoms with Crippen molar-refractivity contribution < 1.29 is 5.11 Å². The lowest BCUT2D eigenvalue weighted by Crippen LogP contribution is -2.32. The van der Waals surface area contributed by atoms with Crippen molar-refractivity contribution in [1.29, 1.82) is 0 Å². The van der Waals surface area contributed by atoms with Crippen LogP contribution in [0.4, 0.5) is 11.4 Å². The first kappa shape index (κ1) is 12.6. The van der Waals surface area contributed by atoms with Crippen molar-refractivity contribution >= 4 is 34.0 Å². The molecule has 15 heavy (non-hydrogen) atoms. The second-order valence-electron chi connectivity index (χ2n) is 3.94. The quantitative estimate of drug-likeness (QED) is 0.590. The lowest BCUT2D eigenvalue weighted by Gasteiger charge is -2.22. The average Bonchev–Trinajstić information content (AvgIpc) is 2.16. The summed E-state index contributed by atoms with van der Waals surface area (Å²) < 4.78 is 1.07. The summed E-state index contributed by atoms with van der Waals surface area (Å²) in [6.07, 6.45) is 0.728. The monoisotopic (exact) mass is 320 g/mol. The van der Waals surface area contributed by atoms with E-state index < -0.39 is 5.60 Å². The molecule has 0 aliphatic carbocycles. The molecule has 3 nitrogen and oxygen atoms in total. The molecule has 1 unspecified atom stereocenters. The SMILES string of the molecule is CCC(C)(O)CNc1ccc(N)cc1I. The van der Waals surface area contributed by atoms with Gasteiger partial charge in [0.1, 0.15) is 0 Å². The van der Waals surface area contributed by atoms with E-state index in [1.165, 1.54) is 0 Å². The minimum atomic E-state index is -0.662. The average molecular weight is 320 g/mol. The molecule has 84 valence electrons. The molecule has 4 N–H and O–H groups in total. The highest BCUT2D eigenvalue weighted by Crippen LogP contribution is 2.21. The van der Waals surface area contributed by atoms with E-state index in [2.05, 4.69) is 27.9 Å². The highest BCUT2D eigenvalue weighted by molar-refractivity contribution is 14.1. The maximum atomic E-state index is 9.84. The van der Waals surface area contributed by atoms with Crippen molar-refractivity contribution in [1.82, 2.24) is 0 Å². The van der Waals surface area contributed by atoms with Crippen LogP contribution in [0, 0.1) is 3.57 Å². The van der Waals surface area contributed by atoms with Crippen LogP contribution < -0.4 is 11.1 Å². The lowest BCUT2D eigenvalue weighted by molar-refractivity contribution is 0.0697. The van der Waals surface area contributed by atoms with E-state index in [9.17, 15) is 5.11 Å². The van der Waals surface area contributed by atoms with Crippen molar-refractivity contribution in [2.75, 3.05) is 17.6 Å². The van der Waals surface area contributed by atoms with Gasteiger partial charge in [-0.05, 0) is 54.1 Å². The number of nitrogen functional groups attached to an aromatic ring is 1. The van der Waals surface area contributed by atoms with Crippen molar-refractivity contribution in [3.8, 4) is 0 Å². The molecule has 0 heterocycles. The maximum absolute atomic E-state index is 9.84. The molecule has 0 bridgehead atoms. The van der Waals surface area contributed by atoms with Crippen LogP contribution in [0.15, 0.2) is 18.2 Å². The van der Waals surface area contributed by atoms with Gasteiger partial charge < -0.3 is 16.2 Å². The molecule has 0 saturated carbocycles. The molecular formula is C11H17IN2O. The fraction of sp³-hybridized carbons (Fsp3) is 0.455. The van der Waals surface area contributed by atoms with Crippen molar-refractivity contribution in [2.24, 2.45) is 0 Å². The number of aliphatic hydroxyl groups is 1. The highest BCUT2D eigenvalue weighted by Gasteiger charge is 2.17. The Balaban J connectivity index is 2.66. The fourth-order valence-electron chi connectivity index (χ4n) is 1.09. The van der Waals surface area contributed by atoms with Gasteiger partial charge in [-0.1, -0.05) is 6.92 Å². The number of hydrogen-bond donors (Lipinski definition) is 3. The zero-order chi connectivity index (χ0) is 11.5. The Morgan fingerprint density at radius 2 is 2.20 bits per heavy atom. The van der Waals surface area contributed by atoms with Gasteiger partial charge in [0.05, 0.1) is 5.60 Å². The topological polar surface area (TPSA) is 58.3 Å². The molecule has 0 aromatic heterocycles. The van der Waals surface area contributed by atoms with E-state index in [0.717, 1.165) is 21.4 Å². The van der Waals surface area contributed by atoms with Gasteiger partial charge in [-0.15, -0.1) is 0 Å². The van der Waals surface area contributed by atoms with E-state index in [0.29, 0.717) is 6.54 Å². The number of halogens is 1. The standard InChI is InChI=1S/C11H17IN2O/c1-3-11(2,15)7-14-10-5-4-8(13)6-9(10)12/h4-6,14-15H,3,7,13H2,1-2H3.